The largest absolute Gasteiger partial charge is 0.483 e. The third kappa shape index (κ3) is 3.53. The summed E-state index contributed by atoms with van der Waals surface area (Å²) in [7, 11) is 0. The Balaban J connectivity index is 1.95. The summed E-state index contributed by atoms with van der Waals surface area (Å²) in [6.45, 7) is 10.3. The van der Waals surface area contributed by atoms with Gasteiger partial charge in [-0.15, -0.1) is 0 Å². The zero-order chi connectivity index (χ0) is 14.7. The van der Waals surface area contributed by atoms with E-state index in [0.29, 0.717) is 11.8 Å². The molecular weight excluding hydrogens is 250 g/mol. The van der Waals surface area contributed by atoms with Gasteiger partial charge in [-0.1, -0.05) is 32.0 Å². The molecule has 3 heteroatoms. The highest BCUT2D eigenvalue weighted by Gasteiger charge is 2.25. The molecule has 0 radical (unpaired) electrons. The van der Waals surface area contributed by atoms with Crippen molar-refractivity contribution in [3.8, 4) is 5.75 Å². The number of amides is 1. The Hall–Kier alpha value is -1.51. The summed E-state index contributed by atoms with van der Waals surface area (Å²) < 4.78 is 5.76. The minimum Gasteiger partial charge on any atom is -0.483 e. The molecule has 0 aromatic heterocycles. The second-order valence-corrected chi connectivity index (χ2v) is 6.25. The van der Waals surface area contributed by atoms with Crippen molar-refractivity contribution < 1.29 is 9.53 Å². The van der Waals surface area contributed by atoms with Crippen LogP contribution >= 0.6 is 0 Å². The van der Waals surface area contributed by atoms with Crippen molar-refractivity contribution in [2.45, 2.75) is 34.1 Å². The SMILES string of the molecule is Cc1cccc(C)c1OCC(=O)N1CC(C)CC(C)C1. The van der Waals surface area contributed by atoms with Crippen LogP contribution in [-0.4, -0.2) is 30.5 Å². The summed E-state index contributed by atoms with van der Waals surface area (Å²) in [5.41, 5.74) is 2.16. The van der Waals surface area contributed by atoms with Gasteiger partial charge in [0.15, 0.2) is 6.61 Å². The fourth-order valence-corrected chi connectivity index (χ4v) is 3.12. The van der Waals surface area contributed by atoms with Crippen molar-refractivity contribution in [3.63, 3.8) is 0 Å². The number of para-hydroxylation sites is 1. The van der Waals surface area contributed by atoms with Crippen LogP contribution in [0.5, 0.6) is 5.75 Å². The lowest BCUT2D eigenvalue weighted by Gasteiger charge is -2.35. The lowest BCUT2D eigenvalue weighted by atomic mass is 9.92. The number of benzene rings is 1. The molecule has 1 heterocycles. The van der Waals surface area contributed by atoms with Gasteiger partial charge in [0.1, 0.15) is 5.75 Å². The van der Waals surface area contributed by atoms with Gasteiger partial charge < -0.3 is 9.64 Å². The first kappa shape index (κ1) is 14.9. The summed E-state index contributed by atoms with van der Waals surface area (Å²) >= 11 is 0. The van der Waals surface area contributed by atoms with E-state index in [1.807, 2.05) is 36.9 Å². The number of piperidine rings is 1. The van der Waals surface area contributed by atoms with Gasteiger partial charge in [-0.2, -0.15) is 0 Å². The van der Waals surface area contributed by atoms with Gasteiger partial charge in [-0.05, 0) is 43.2 Å². The Morgan fingerprint density at radius 1 is 1.20 bits per heavy atom. The van der Waals surface area contributed by atoms with E-state index in [2.05, 4.69) is 13.8 Å². The highest BCUT2D eigenvalue weighted by Crippen LogP contribution is 2.23. The van der Waals surface area contributed by atoms with E-state index in [0.717, 1.165) is 30.0 Å². The molecular formula is C17H25NO2. The van der Waals surface area contributed by atoms with E-state index in [1.54, 1.807) is 0 Å². The summed E-state index contributed by atoms with van der Waals surface area (Å²) in [5.74, 6) is 2.12. The molecule has 0 bridgehead atoms. The molecule has 3 nitrogen and oxygen atoms in total. The smallest absolute Gasteiger partial charge is 0.260 e. The standard InChI is InChI=1S/C17H25NO2/c1-12-8-13(2)10-18(9-12)16(19)11-20-17-14(3)6-5-7-15(17)4/h5-7,12-13H,8-11H2,1-4H3. The predicted molar refractivity (Wildman–Crippen MR) is 80.9 cm³/mol. The van der Waals surface area contributed by atoms with Gasteiger partial charge >= 0.3 is 0 Å². The van der Waals surface area contributed by atoms with E-state index >= 15 is 0 Å². The third-order valence-electron chi connectivity index (χ3n) is 3.97. The van der Waals surface area contributed by atoms with Gasteiger partial charge in [0.2, 0.25) is 0 Å². The lowest BCUT2D eigenvalue weighted by Crippen LogP contribution is -2.44. The average Bonchev–Trinajstić information content (AvgIpc) is 2.36. The second-order valence-electron chi connectivity index (χ2n) is 6.25. The zero-order valence-electron chi connectivity index (χ0n) is 13.0. The van der Waals surface area contributed by atoms with Crippen LogP contribution < -0.4 is 4.74 Å². The Kier molecular flexibility index (Phi) is 4.69. The highest BCUT2D eigenvalue weighted by molar-refractivity contribution is 5.78. The van der Waals surface area contributed by atoms with Crippen LogP contribution in [0.3, 0.4) is 0 Å². The van der Waals surface area contributed by atoms with Crippen LogP contribution in [0, 0.1) is 25.7 Å². The summed E-state index contributed by atoms with van der Waals surface area (Å²) in [5, 5.41) is 0. The zero-order valence-corrected chi connectivity index (χ0v) is 13.0. The van der Waals surface area contributed by atoms with Gasteiger partial charge in [-0.25, -0.2) is 0 Å². The monoisotopic (exact) mass is 275 g/mol. The van der Waals surface area contributed by atoms with Crippen LogP contribution in [0.4, 0.5) is 0 Å². The van der Waals surface area contributed by atoms with Crippen molar-refractivity contribution in [1.82, 2.24) is 4.90 Å². The number of carbonyl (C=O) groups is 1. The molecule has 2 unspecified atom stereocenters. The average molecular weight is 275 g/mol. The highest BCUT2D eigenvalue weighted by atomic mass is 16.5. The van der Waals surface area contributed by atoms with Gasteiger partial charge in [0.05, 0.1) is 0 Å². The number of hydrogen-bond acceptors (Lipinski definition) is 2. The molecule has 0 saturated carbocycles. The number of nitrogens with zero attached hydrogens (tertiary/aromatic N) is 1. The Morgan fingerprint density at radius 3 is 2.30 bits per heavy atom. The minimum atomic E-state index is 0.103. The quantitative estimate of drug-likeness (QED) is 0.848. The maximum absolute atomic E-state index is 12.3. The van der Waals surface area contributed by atoms with E-state index in [-0.39, 0.29) is 12.5 Å². The lowest BCUT2D eigenvalue weighted by molar-refractivity contribution is -0.136. The van der Waals surface area contributed by atoms with Crippen LogP contribution in [0.15, 0.2) is 18.2 Å². The molecule has 0 spiro atoms. The first-order chi connectivity index (χ1) is 9.47. The van der Waals surface area contributed by atoms with Gasteiger partial charge in [0.25, 0.3) is 5.91 Å². The van der Waals surface area contributed by atoms with Crippen LogP contribution in [0.1, 0.15) is 31.4 Å². The first-order valence-electron chi connectivity index (χ1n) is 7.44. The van der Waals surface area contributed by atoms with E-state index in [1.165, 1.54) is 6.42 Å². The van der Waals surface area contributed by atoms with Crippen LogP contribution in [-0.2, 0) is 4.79 Å². The van der Waals surface area contributed by atoms with Crippen molar-refractivity contribution in [2.75, 3.05) is 19.7 Å². The molecule has 1 amide bonds. The molecule has 0 aliphatic carbocycles. The number of rotatable bonds is 3. The molecule has 20 heavy (non-hydrogen) atoms. The molecule has 1 fully saturated rings. The Bertz CT molecular complexity index is 454. The van der Waals surface area contributed by atoms with Crippen LogP contribution in [0.2, 0.25) is 0 Å². The third-order valence-corrected chi connectivity index (χ3v) is 3.97. The number of hydrogen-bond donors (Lipinski definition) is 0. The minimum absolute atomic E-state index is 0.103. The Morgan fingerprint density at radius 2 is 1.75 bits per heavy atom. The molecule has 110 valence electrons. The maximum atomic E-state index is 12.3. The number of ether oxygens (including phenoxy) is 1. The van der Waals surface area contributed by atoms with E-state index in [4.69, 9.17) is 4.74 Å². The van der Waals surface area contributed by atoms with Gasteiger partial charge in [-0.3, -0.25) is 4.79 Å². The normalized spacial score (nSPS) is 22.7. The first-order valence-corrected chi connectivity index (χ1v) is 7.44. The van der Waals surface area contributed by atoms with E-state index < -0.39 is 0 Å². The van der Waals surface area contributed by atoms with Crippen molar-refractivity contribution in [1.29, 1.82) is 0 Å². The van der Waals surface area contributed by atoms with Crippen molar-refractivity contribution in [3.05, 3.63) is 29.3 Å². The van der Waals surface area contributed by atoms with Gasteiger partial charge in [0, 0.05) is 13.1 Å². The van der Waals surface area contributed by atoms with Crippen molar-refractivity contribution in [2.24, 2.45) is 11.8 Å². The summed E-state index contributed by atoms with van der Waals surface area (Å²) in [6, 6.07) is 6.03. The number of carbonyl (C=O) groups excluding carboxylic acids is 1. The van der Waals surface area contributed by atoms with Crippen LogP contribution in [0.25, 0.3) is 0 Å². The van der Waals surface area contributed by atoms with Crippen molar-refractivity contribution >= 4 is 5.91 Å². The summed E-state index contributed by atoms with van der Waals surface area (Å²) in [4.78, 5) is 14.2. The molecule has 1 aromatic carbocycles. The fourth-order valence-electron chi connectivity index (χ4n) is 3.12. The molecule has 1 saturated heterocycles. The Labute approximate surface area is 121 Å². The summed E-state index contributed by atoms with van der Waals surface area (Å²) in [6.07, 6.45) is 1.21. The number of likely N-dealkylation sites (tertiary alicyclic amines) is 1. The molecule has 1 aliphatic rings. The molecule has 1 aliphatic heterocycles. The molecule has 1 aromatic rings. The molecule has 0 N–H and O–H groups in total. The molecule has 2 rings (SSSR count). The molecule has 2 atom stereocenters. The topological polar surface area (TPSA) is 29.5 Å². The fraction of sp³-hybridized carbons (Fsp3) is 0.588. The second kappa shape index (κ2) is 6.29. The van der Waals surface area contributed by atoms with E-state index in [9.17, 15) is 4.79 Å². The predicted octanol–water partition coefficient (Wildman–Crippen LogP) is 3.19. The maximum Gasteiger partial charge on any atom is 0.260 e. The number of aryl methyl sites for hydroxylation is 2.